The monoisotopic (exact) mass is 866 g/mol. The molecule has 0 spiro atoms. The second-order valence-corrected chi connectivity index (χ2v) is 16.2. The summed E-state index contributed by atoms with van der Waals surface area (Å²) in [6.45, 7) is 3.61. The fourth-order valence-corrected chi connectivity index (χ4v) is 8.09. The highest BCUT2D eigenvalue weighted by atomic mass is 16.7. The number of rotatable bonds is 21. The highest BCUT2D eigenvalue weighted by molar-refractivity contribution is 5.18. The molecule has 10 heteroatoms. The summed E-state index contributed by atoms with van der Waals surface area (Å²) in [4.78, 5) is 0. The summed E-state index contributed by atoms with van der Waals surface area (Å²) in [5.41, 5.74) is 5.90. The van der Waals surface area contributed by atoms with Gasteiger partial charge in [0.05, 0.1) is 52.4 Å². The van der Waals surface area contributed by atoms with Crippen molar-refractivity contribution < 1.29 is 47.7 Å². The molecule has 0 amide bonds. The zero-order chi connectivity index (χ0) is 43.8. The zero-order valence-corrected chi connectivity index (χ0v) is 36.2. The molecule has 8 rings (SSSR count). The fourth-order valence-electron chi connectivity index (χ4n) is 8.09. The van der Waals surface area contributed by atoms with Gasteiger partial charge in [0.2, 0.25) is 0 Å². The van der Waals surface area contributed by atoms with E-state index in [1.54, 1.807) is 0 Å². The van der Waals surface area contributed by atoms with Crippen molar-refractivity contribution in [1.82, 2.24) is 0 Å². The lowest BCUT2D eigenvalue weighted by Crippen LogP contribution is -2.63. The summed E-state index contributed by atoms with van der Waals surface area (Å²) in [6, 6.07) is 59.7. The van der Waals surface area contributed by atoms with Crippen molar-refractivity contribution in [1.29, 1.82) is 0 Å². The Labute approximate surface area is 376 Å². The minimum absolute atomic E-state index is 0.0450. The van der Waals surface area contributed by atoms with Gasteiger partial charge in [-0.1, -0.05) is 182 Å². The Hall–Kier alpha value is -5.08. The predicted octanol–water partition coefficient (Wildman–Crippen LogP) is 8.98. The molecule has 2 aliphatic heterocycles. The van der Waals surface area contributed by atoms with Crippen LogP contribution >= 0.6 is 0 Å². The van der Waals surface area contributed by atoms with Crippen LogP contribution in [0.3, 0.4) is 0 Å². The first-order valence-electron chi connectivity index (χ1n) is 22.1. The van der Waals surface area contributed by atoms with Gasteiger partial charge in [0.15, 0.2) is 12.6 Å². The second-order valence-electron chi connectivity index (χ2n) is 16.2. The summed E-state index contributed by atoms with van der Waals surface area (Å²) in [5, 5.41) is 11.8. The zero-order valence-electron chi connectivity index (χ0n) is 36.2. The van der Waals surface area contributed by atoms with Crippen molar-refractivity contribution in [2.45, 2.75) is 108 Å². The Kier molecular flexibility index (Phi) is 16.9. The minimum Gasteiger partial charge on any atom is -0.368 e. The summed E-state index contributed by atoms with van der Waals surface area (Å²) >= 11 is 0. The molecule has 10 atom stereocenters. The van der Waals surface area contributed by atoms with Crippen molar-refractivity contribution >= 4 is 0 Å². The smallest absolute Gasteiger partial charge is 0.186 e. The highest BCUT2D eigenvalue weighted by Crippen LogP contribution is 2.34. The molecule has 64 heavy (non-hydrogen) atoms. The Balaban J connectivity index is 1.07. The van der Waals surface area contributed by atoms with E-state index in [4.69, 9.17) is 42.6 Å². The topological polar surface area (TPSA) is 103 Å². The van der Waals surface area contributed by atoms with Crippen molar-refractivity contribution in [3.63, 3.8) is 0 Å². The molecule has 2 saturated heterocycles. The quantitative estimate of drug-likeness (QED) is 0.0755. The van der Waals surface area contributed by atoms with E-state index in [2.05, 4.69) is 0 Å². The third-order valence-corrected chi connectivity index (χ3v) is 11.5. The van der Waals surface area contributed by atoms with Gasteiger partial charge in [-0.3, -0.25) is 0 Å². The van der Waals surface area contributed by atoms with E-state index in [0.29, 0.717) is 13.2 Å². The molecule has 6 aromatic rings. The van der Waals surface area contributed by atoms with Crippen LogP contribution in [0.2, 0.25) is 0 Å². The second kappa shape index (κ2) is 23.7. The molecule has 334 valence electrons. The fraction of sp³-hybridized carbons (Fsp3) is 0.333. The molecule has 2 fully saturated rings. The van der Waals surface area contributed by atoms with Gasteiger partial charge in [0.1, 0.15) is 42.7 Å². The van der Waals surface area contributed by atoms with E-state index in [1.165, 1.54) is 0 Å². The molecule has 0 radical (unpaired) electrons. The van der Waals surface area contributed by atoms with Crippen LogP contribution in [0.15, 0.2) is 182 Å². The van der Waals surface area contributed by atoms with Crippen LogP contribution < -0.4 is 0 Å². The van der Waals surface area contributed by atoms with Crippen LogP contribution in [0.5, 0.6) is 0 Å². The van der Waals surface area contributed by atoms with E-state index in [-0.39, 0.29) is 33.0 Å². The number of hydrogen-bond donors (Lipinski definition) is 1. The average molecular weight is 867 g/mol. The lowest BCUT2D eigenvalue weighted by atomic mass is 9.97. The van der Waals surface area contributed by atoms with E-state index in [9.17, 15) is 5.11 Å². The van der Waals surface area contributed by atoms with Crippen LogP contribution in [-0.2, 0) is 82.3 Å². The molecule has 2 heterocycles. The van der Waals surface area contributed by atoms with Gasteiger partial charge in [-0.05, 0) is 40.3 Å². The first-order chi connectivity index (χ1) is 31.6. The van der Waals surface area contributed by atoms with Gasteiger partial charge >= 0.3 is 0 Å². The predicted molar refractivity (Wildman–Crippen MR) is 241 cm³/mol. The lowest BCUT2D eigenvalue weighted by molar-refractivity contribution is -0.345. The van der Waals surface area contributed by atoms with Gasteiger partial charge in [0, 0.05) is 0 Å². The molecule has 0 aromatic heterocycles. The molecule has 0 unspecified atom stereocenters. The summed E-state index contributed by atoms with van der Waals surface area (Å²) in [6.07, 6.45) is -7.86. The van der Waals surface area contributed by atoms with E-state index < -0.39 is 61.4 Å². The SMILES string of the molecule is C[C@@H]1O[C@@H](OC[C@H]2O[C@@H](O)[C@H](OCc3ccccc3)[C@@H](OCc3ccccc3)[C@@H]2OCc2ccccc2)[C@H](OCc2ccccc2)[C@H](OCc2ccccc2)[C@H]1OCc1ccccc1. The van der Waals surface area contributed by atoms with Crippen molar-refractivity contribution in [2.24, 2.45) is 0 Å². The first-order valence-corrected chi connectivity index (χ1v) is 22.1. The molecular formula is C54H58O10. The van der Waals surface area contributed by atoms with Crippen LogP contribution in [0.1, 0.15) is 40.3 Å². The number of hydrogen-bond acceptors (Lipinski definition) is 10. The minimum atomic E-state index is -1.37. The van der Waals surface area contributed by atoms with Gasteiger partial charge in [0.25, 0.3) is 0 Å². The standard InChI is InChI=1S/C54H58O10/c1-39-47(56-32-40-20-8-2-9-21-40)49(58-34-42-24-12-4-13-25-42)52(61-37-45-30-18-7-19-31-45)54(63-39)62-38-46-48(57-33-41-22-10-3-11-23-41)50(59-35-43-26-14-5-15-27-43)51(53(55)64-46)60-36-44-28-16-6-17-29-44/h2-31,39,46-55H,32-38H2,1H3/t39-,46+,47-,48+,49+,50-,51+,52+,53+,54+/m0/s1. The molecule has 0 aliphatic carbocycles. The Morgan fingerprint density at radius 3 is 1.02 bits per heavy atom. The van der Waals surface area contributed by atoms with Crippen LogP contribution in [0, 0.1) is 0 Å². The molecule has 6 aromatic carbocycles. The van der Waals surface area contributed by atoms with Gasteiger partial charge in [-0.25, -0.2) is 0 Å². The van der Waals surface area contributed by atoms with Crippen LogP contribution in [0.4, 0.5) is 0 Å². The molecule has 1 N–H and O–H groups in total. The summed E-state index contributed by atoms with van der Waals surface area (Å²) in [7, 11) is 0. The van der Waals surface area contributed by atoms with E-state index >= 15 is 0 Å². The molecule has 2 aliphatic rings. The maximum atomic E-state index is 11.8. The normalized spacial score (nSPS) is 25.8. The maximum absolute atomic E-state index is 11.8. The number of aliphatic hydroxyl groups is 1. The Bertz CT molecular complexity index is 2030. The molecular weight excluding hydrogens is 809 g/mol. The molecule has 10 nitrogen and oxygen atoms in total. The van der Waals surface area contributed by atoms with Crippen molar-refractivity contribution in [2.75, 3.05) is 6.61 Å². The third kappa shape index (κ3) is 12.8. The average Bonchev–Trinajstić information content (AvgIpc) is 3.35. The van der Waals surface area contributed by atoms with Crippen molar-refractivity contribution in [3.8, 4) is 0 Å². The lowest BCUT2D eigenvalue weighted by Gasteiger charge is -2.47. The van der Waals surface area contributed by atoms with Crippen LogP contribution in [-0.4, -0.2) is 73.1 Å². The summed E-state index contributed by atoms with van der Waals surface area (Å²) < 4.78 is 60.2. The number of aliphatic hydroxyl groups excluding tert-OH is 1. The molecule has 0 saturated carbocycles. The van der Waals surface area contributed by atoms with E-state index in [1.807, 2.05) is 189 Å². The number of ether oxygens (including phenoxy) is 9. The largest absolute Gasteiger partial charge is 0.368 e. The van der Waals surface area contributed by atoms with E-state index in [0.717, 1.165) is 33.4 Å². The first kappa shape index (κ1) is 45.5. The molecule has 0 bridgehead atoms. The van der Waals surface area contributed by atoms with Gasteiger partial charge in [-0.15, -0.1) is 0 Å². The maximum Gasteiger partial charge on any atom is 0.186 e. The third-order valence-electron chi connectivity index (χ3n) is 11.5. The Morgan fingerprint density at radius 2 is 0.641 bits per heavy atom. The summed E-state index contributed by atoms with van der Waals surface area (Å²) in [5.74, 6) is 0. The van der Waals surface area contributed by atoms with Crippen molar-refractivity contribution in [3.05, 3.63) is 215 Å². The number of benzene rings is 6. The van der Waals surface area contributed by atoms with Gasteiger partial charge in [-0.2, -0.15) is 0 Å². The highest BCUT2D eigenvalue weighted by Gasteiger charge is 2.51. The van der Waals surface area contributed by atoms with Gasteiger partial charge < -0.3 is 47.7 Å². The Morgan fingerprint density at radius 1 is 0.344 bits per heavy atom. The van der Waals surface area contributed by atoms with Crippen LogP contribution in [0.25, 0.3) is 0 Å².